The molecule has 2 rings (SSSR count). The summed E-state index contributed by atoms with van der Waals surface area (Å²) in [5, 5.41) is 13.4. The second-order valence-corrected chi connectivity index (χ2v) is 7.96. The molecule has 0 aliphatic carbocycles. The van der Waals surface area contributed by atoms with Gasteiger partial charge in [-0.25, -0.2) is 0 Å². The van der Waals surface area contributed by atoms with Gasteiger partial charge < -0.3 is 9.84 Å². The summed E-state index contributed by atoms with van der Waals surface area (Å²) in [6.45, 7) is 4.45. The largest absolute Gasteiger partial charge is 0.489 e. The van der Waals surface area contributed by atoms with Gasteiger partial charge in [0.15, 0.2) is 0 Å². The monoisotopic (exact) mass is 459 g/mol. The predicted molar refractivity (Wildman–Crippen MR) is 108 cm³/mol. The number of hydrogen-bond donors (Lipinski definition) is 2. The Labute approximate surface area is 171 Å². The summed E-state index contributed by atoms with van der Waals surface area (Å²) in [6, 6.07) is 10.4. The lowest BCUT2D eigenvalue weighted by Gasteiger charge is -2.19. The molecule has 26 heavy (non-hydrogen) atoms. The number of ether oxygens (including phenoxy) is 1. The Kier molecular flexibility index (Phi) is 7.77. The fraction of sp³-hybridized carbons (Fsp3) is 0.316. The van der Waals surface area contributed by atoms with Crippen LogP contribution < -0.4 is 10.1 Å². The van der Waals surface area contributed by atoms with Crippen LogP contribution in [-0.2, 0) is 17.9 Å². The minimum Gasteiger partial charge on any atom is -0.489 e. The van der Waals surface area contributed by atoms with Crippen LogP contribution in [-0.4, -0.2) is 17.1 Å². The van der Waals surface area contributed by atoms with E-state index in [1.165, 1.54) is 0 Å². The lowest BCUT2D eigenvalue weighted by Crippen LogP contribution is -2.40. The molecule has 140 valence electrons. The van der Waals surface area contributed by atoms with E-state index in [0.29, 0.717) is 28.9 Å². The van der Waals surface area contributed by atoms with E-state index in [0.717, 1.165) is 15.6 Å². The van der Waals surface area contributed by atoms with Gasteiger partial charge in [0.2, 0.25) is 0 Å². The minimum atomic E-state index is -0.867. The van der Waals surface area contributed by atoms with Crippen molar-refractivity contribution in [2.75, 3.05) is 0 Å². The van der Waals surface area contributed by atoms with Crippen molar-refractivity contribution in [2.45, 2.75) is 33.0 Å². The molecule has 2 N–H and O–H groups in total. The first-order valence-electron chi connectivity index (χ1n) is 8.09. The van der Waals surface area contributed by atoms with E-state index >= 15 is 0 Å². The lowest BCUT2D eigenvalue weighted by atomic mass is 10.0. The molecule has 0 aliphatic rings. The molecule has 0 saturated heterocycles. The summed E-state index contributed by atoms with van der Waals surface area (Å²) in [5.41, 5.74) is 1.76. The van der Waals surface area contributed by atoms with Crippen molar-refractivity contribution in [3.8, 4) is 5.75 Å². The van der Waals surface area contributed by atoms with Crippen molar-refractivity contribution in [1.29, 1.82) is 0 Å². The van der Waals surface area contributed by atoms with Crippen LogP contribution in [0.4, 0.5) is 0 Å². The maximum absolute atomic E-state index is 11.4. The van der Waals surface area contributed by atoms with E-state index in [-0.39, 0.29) is 5.92 Å². The van der Waals surface area contributed by atoms with Crippen molar-refractivity contribution in [3.63, 3.8) is 0 Å². The number of halogens is 3. The van der Waals surface area contributed by atoms with Crippen LogP contribution in [0.15, 0.2) is 40.9 Å². The molecule has 4 nitrogen and oxygen atoms in total. The number of aliphatic carboxylic acids is 1. The zero-order chi connectivity index (χ0) is 19.3. The Balaban J connectivity index is 2.11. The highest BCUT2D eigenvalue weighted by Crippen LogP contribution is 2.26. The normalized spacial score (nSPS) is 12.2. The topological polar surface area (TPSA) is 58.6 Å². The summed E-state index contributed by atoms with van der Waals surface area (Å²) in [4.78, 5) is 11.4. The Bertz CT molecular complexity index is 783. The Morgan fingerprint density at radius 2 is 1.92 bits per heavy atom. The summed E-state index contributed by atoms with van der Waals surface area (Å²) in [6.07, 6.45) is 0. The molecule has 0 spiro atoms. The summed E-state index contributed by atoms with van der Waals surface area (Å²) in [5.74, 6) is -0.215. The quantitative estimate of drug-likeness (QED) is 0.543. The van der Waals surface area contributed by atoms with Crippen molar-refractivity contribution in [3.05, 3.63) is 62.0 Å². The van der Waals surface area contributed by atoms with Crippen LogP contribution in [0, 0.1) is 5.92 Å². The molecular formula is C19H20BrCl2NO3. The van der Waals surface area contributed by atoms with E-state index in [1.807, 2.05) is 38.1 Å². The average molecular weight is 461 g/mol. The van der Waals surface area contributed by atoms with Gasteiger partial charge in [0.05, 0.1) is 10.0 Å². The van der Waals surface area contributed by atoms with E-state index in [1.54, 1.807) is 12.1 Å². The molecule has 2 aromatic rings. The van der Waals surface area contributed by atoms with Crippen molar-refractivity contribution >= 4 is 45.1 Å². The van der Waals surface area contributed by atoms with Gasteiger partial charge in [-0.2, -0.15) is 0 Å². The molecule has 0 aliphatic heterocycles. The van der Waals surface area contributed by atoms with E-state index in [9.17, 15) is 9.90 Å². The van der Waals surface area contributed by atoms with Gasteiger partial charge in [0.1, 0.15) is 18.4 Å². The Morgan fingerprint density at radius 3 is 2.54 bits per heavy atom. The van der Waals surface area contributed by atoms with Crippen molar-refractivity contribution < 1.29 is 14.6 Å². The molecule has 1 atom stereocenters. The molecule has 2 aromatic carbocycles. The third kappa shape index (κ3) is 5.88. The third-order valence-corrected chi connectivity index (χ3v) is 5.08. The minimum absolute atomic E-state index is 0.0276. The Hall–Kier alpha value is -1.27. The number of carboxylic acids is 1. The summed E-state index contributed by atoms with van der Waals surface area (Å²) < 4.78 is 6.81. The van der Waals surface area contributed by atoms with Crippen LogP contribution in [0.5, 0.6) is 5.75 Å². The molecule has 0 fully saturated rings. The van der Waals surface area contributed by atoms with Gasteiger partial charge in [0.25, 0.3) is 0 Å². The third-order valence-electron chi connectivity index (χ3n) is 3.85. The fourth-order valence-corrected chi connectivity index (χ4v) is 3.17. The van der Waals surface area contributed by atoms with Crippen LogP contribution >= 0.6 is 39.1 Å². The first-order valence-corrected chi connectivity index (χ1v) is 9.64. The molecule has 0 amide bonds. The van der Waals surface area contributed by atoms with E-state index in [4.69, 9.17) is 27.9 Å². The van der Waals surface area contributed by atoms with Gasteiger partial charge in [0, 0.05) is 16.6 Å². The number of rotatable bonds is 8. The number of hydrogen-bond acceptors (Lipinski definition) is 3. The van der Waals surface area contributed by atoms with Gasteiger partial charge in [-0.1, -0.05) is 59.0 Å². The van der Waals surface area contributed by atoms with Crippen LogP contribution in [0.1, 0.15) is 25.0 Å². The molecule has 0 heterocycles. The molecule has 0 saturated carbocycles. The average Bonchev–Trinajstić information content (AvgIpc) is 2.56. The molecule has 0 radical (unpaired) electrons. The molecule has 0 aromatic heterocycles. The predicted octanol–water partition coefficient (Wildman–Crippen LogP) is 5.53. The van der Waals surface area contributed by atoms with Crippen LogP contribution in [0.3, 0.4) is 0 Å². The first kappa shape index (κ1) is 21.0. The highest BCUT2D eigenvalue weighted by molar-refractivity contribution is 9.10. The van der Waals surface area contributed by atoms with Gasteiger partial charge in [-0.05, 0) is 41.8 Å². The van der Waals surface area contributed by atoms with Crippen LogP contribution in [0.25, 0.3) is 0 Å². The standard InChI is InChI=1S/C19H20BrCl2NO3/c1-11(2)18(19(24)25)23-9-13-8-14(20)4-6-17(13)26-10-12-3-5-15(21)16(22)7-12/h3-8,11,18,23H,9-10H2,1-2H3,(H,24,25). The smallest absolute Gasteiger partial charge is 0.320 e. The van der Waals surface area contributed by atoms with Gasteiger partial charge in [-0.15, -0.1) is 0 Å². The fourth-order valence-electron chi connectivity index (χ4n) is 2.45. The van der Waals surface area contributed by atoms with E-state index in [2.05, 4.69) is 21.2 Å². The maximum atomic E-state index is 11.4. The molecular weight excluding hydrogens is 441 g/mol. The SMILES string of the molecule is CC(C)C(NCc1cc(Br)ccc1OCc1ccc(Cl)c(Cl)c1)C(=O)O. The van der Waals surface area contributed by atoms with Crippen LogP contribution in [0.2, 0.25) is 10.0 Å². The molecule has 1 unspecified atom stereocenters. The number of benzene rings is 2. The van der Waals surface area contributed by atoms with Crippen molar-refractivity contribution in [2.24, 2.45) is 5.92 Å². The van der Waals surface area contributed by atoms with Crippen molar-refractivity contribution in [1.82, 2.24) is 5.32 Å². The van der Waals surface area contributed by atoms with Gasteiger partial charge in [-0.3, -0.25) is 10.1 Å². The summed E-state index contributed by atoms with van der Waals surface area (Å²) >= 11 is 15.4. The number of nitrogens with one attached hydrogen (secondary N) is 1. The Morgan fingerprint density at radius 1 is 1.19 bits per heavy atom. The lowest BCUT2D eigenvalue weighted by molar-refractivity contribution is -0.140. The first-order chi connectivity index (χ1) is 12.3. The zero-order valence-electron chi connectivity index (χ0n) is 14.4. The van der Waals surface area contributed by atoms with Gasteiger partial charge >= 0.3 is 5.97 Å². The second-order valence-electron chi connectivity index (χ2n) is 6.23. The summed E-state index contributed by atoms with van der Waals surface area (Å²) in [7, 11) is 0. The molecule has 0 bridgehead atoms. The second kappa shape index (κ2) is 9.60. The zero-order valence-corrected chi connectivity index (χ0v) is 17.5. The maximum Gasteiger partial charge on any atom is 0.320 e. The highest BCUT2D eigenvalue weighted by Gasteiger charge is 2.21. The number of carbonyl (C=O) groups is 1. The number of carboxylic acid groups (broad SMARTS) is 1. The van der Waals surface area contributed by atoms with E-state index < -0.39 is 12.0 Å². The molecule has 7 heteroatoms. The highest BCUT2D eigenvalue weighted by atomic mass is 79.9.